The van der Waals surface area contributed by atoms with Gasteiger partial charge in [-0.1, -0.05) is 51.1 Å². The summed E-state index contributed by atoms with van der Waals surface area (Å²) in [5.41, 5.74) is -1.22. The molecule has 160 valence electrons. The van der Waals surface area contributed by atoms with Gasteiger partial charge in [0.25, 0.3) is 0 Å². The second-order valence-electron chi connectivity index (χ2n) is 9.57. The Kier molecular flexibility index (Phi) is 4.19. The summed E-state index contributed by atoms with van der Waals surface area (Å²) in [6.07, 6.45) is 6.43. The number of rotatable bonds is 2. The van der Waals surface area contributed by atoms with Crippen LogP contribution in [0.2, 0.25) is 0 Å². The van der Waals surface area contributed by atoms with E-state index in [0.717, 1.165) is 0 Å². The molecule has 2 aromatic rings. The van der Waals surface area contributed by atoms with E-state index in [2.05, 4.69) is 6.07 Å². The molecule has 2 aliphatic heterocycles. The maximum atomic E-state index is 14.0. The second-order valence-corrected chi connectivity index (χ2v) is 9.57. The van der Waals surface area contributed by atoms with Crippen LogP contribution in [0.1, 0.15) is 53.2 Å². The van der Waals surface area contributed by atoms with Crippen LogP contribution in [-0.2, 0) is 4.79 Å². The highest BCUT2D eigenvalue weighted by molar-refractivity contribution is 6.31. The van der Waals surface area contributed by atoms with Gasteiger partial charge in [0.1, 0.15) is 17.2 Å². The SMILES string of the molecule is CC(C)(C)C(=O)[C@@H]1[C@@H](c2ccco2)C2(C(=O)c3ccccc3C2=O)[C@H]2C=CC(C#N)=CN12. The maximum Gasteiger partial charge on any atom is 0.180 e. The fourth-order valence-corrected chi connectivity index (χ4v) is 5.45. The van der Waals surface area contributed by atoms with Crippen LogP contribution in [0, 0.1) is 22.2 Å². The molecular formula is C26H22N2O4. The number of Topliss-reactive ketones (excluding diaryl/α,β-unsaturated/α-hetero) is 3. The monoisotopic (exact) mass is 426 g/mol. The topological polar surface area (TPSA) is 91.4 Å². The number of hydrogen-bond acceptors (Lipinski definition) is 6. The van der Waals surface area contributed by atoms with Crippen molar-refractivity contribution in [1.29, 1.82) is 5.26 Å². The second kappa shape index (κ2) is 6.64. The number of allylic oxidation sites excluding steroid dienone is 2. The van der Waals surface area contributed by atoms with Gasteiger partial charge in [-0.15, -0.1) is 0 Å². The highest BCUT2D eigenvalue weighted by Gasteiger charge is 2.72. The van der Waals surface area contributed by atoms with E-state index in [4.69, 9.17) is 4.42 Å². The zero-order chi connectivity index (χ0) is 22.8. The number of nitrogens with zero attached hydrogens (tertiary/aromatic N) is 2. The predicted octanol–water partition coefficient (Wildman–Crippen LogP) is 4.07. The summed E-state index contributed by atoms with van der Waals surface area (Å²) >= 11 is 0. The molecule has 3 heterocycles. The van der Waals surface area contributed by atoms with E-state index in [1.807, 2.05) is 20.8 Å². The van der Waals surface area contributed by atoms with Gasteiger partial charge in [0.2, 0.25) is 0 Å². The zero-order valence-electron chi connectivity index (χ0n) is 18.0. The molecule has 3 aliphatic rings. The van der Waals surface area contributed by atoms with Crippen LogP contribution in [-0.4, -0.2) is 34.3 Å². The number of furan rings is 1. The van der Waals surface area contributed by atoms with E-state index in [9.17, 15) is 19.6 Å². The first kappa shape index (κ1) is 20.2. The first-order valence-electron chi connectivity index (χ1n) is 10.6. The molecule has 32 heavy (non-hydrogen) atoms. The third-order valence-corrected chi connectivity index (χ3v) is 6.82. The number of fused-ring (bicyclic) bond motifs is 3. The van der Waals surface area contributed by atoms with Crippen LogP contribution in [0.3, 0.4) is 0 Å². The van der Waals surface area contributed by atoms with Gasteiger partial charge in [0, 0.05) is 22.7 Å². The smallest absolute Gasteiger partial charge is 0.180 e. The van der Waals surface area contributed by atoms with Crippen LogP contribution in [0.25, 0.3) is 0 Å². The molecule has 0 radical (unpaired) electrons. The summed E-state index contributed by atoms with van der Waals surface area (Å²) in [6.45, 7) is 5.45. The molecule has 5 rings (SSSR count). The number of hydrogen-bond donors (Lipinski definition) is 0. The van der Waals surface area contributed by atoms with Gasteiger partial charge in [-0.3, -0.25) is 14.4 Å². The average Bonchev–Trinajstić information content (AvgIpc) is 3.45. The van der Waals surface area contributed by atoms with Crippen molar-refractivity contribution < 1.29 is 18.8 Å². The van der Waals surface area contributed by atoms with Crippen molar-refractivity contribution >= 4 is 17.3 Å². The molecule has 0 amide bonds. The summed E-state index contributed by atoms with van der Waals surface area (Å²) < 4.78 is 5.76. The molecule has 6 nitrogen and oxygen atoms in total. The third-order valence-electron chi connectivity index (χ3n) is 6.82. The lowest BCUT2D eigenvalue weighted by Gasteiger charge is -2.34. The lowest BCUT2D eigenvalue weighted by Crippen LogP contribution is -2.47. The molecule has 1 aliphatic carbocycles. The Morgan fingerprint density at radius 1 is 1.09 bits per heavy atom. The quantitative estimate of drug-likeness (QED) is 0.672. The molecule has 1 fully saturated rings. The van der Waals surface area contributed by atoms with E-state index < -0.39 is 28.8 Å². The van der Waals surface area contributed by atoms with Crippen molar-refractivity contribution in [3.8, 4) is 6.07 Å². The highest BCUT2D eigenvalue weighted by Crippen LogP contribution is 2.59. The lowest BCUT2D eigenvalue weighted by atomic mass is 9.65. The molecule has 0 N–H and O–H groups in total. The molecular weight excluding hydrogens is 404 g/mol. The molecule has 0 unspecified atom stereocenters. The molecule has 1 saturated heterocycles. The summed E-state index contributed by atoms with van der Waals surface area (Å²) in [5.74, 6) is -1.16. The standard InChI is InChI=1S/C26H22N2O4/c1-25(2,3)24(31)21-20(18-9-6-12-32-18)26(19-11-10-15(13-27)14-28(19)21)22(29)16-7-4-5-8-17(16)23(26)30/h4-12,14,19-21H,1-3H3/t19-,20-,21+/m1/s1. The number of ketones is 3. The maximum absolute atomic E-state index is 14.0. The van der Waals surface area contributed by atoms with E-state index in [-0.39, 0.29) is 17.3 Å². The van der Waals surface area contributed by atoms with Crippen molar-refractivity contribution in [1.82, 2.24) is 4.90 Å². The molecule has 6 heteroatoms. The Hall–Kier alpha value is -3.72. The van der Waals surface area contributed by atoms with Gasteiger partial charge in [0.15, 0.2) is 17.3 Å². The molecule has 0 saturated carbocycles. The van der Waals surface area contributed by atoms with Crippen LogP contribution in [0.4, 0.5) is 0 Å². The molecule has 1 aromatic heterocycles. The molecule has 1 spiro atoms. The predicted molar refractivity (Wildman–Crippen MR) is 116 cm³/mol. The van der Waals surface area contributed by atoms with E-state index >= 15 is 0 Å². The summed E-state index contributed by atoms with van der Waals surface area (Å²) in [6, 6.07) is 10.8. The first-order chi connectivity index (χ1) is 15.2. The molecule has 1 aromatic carbocycles. The van der Waals surface area contributed by atoms with Crippen LogP contribution in [0.15, 0.2) is 71.0 Å². The van der Waals surface area contributed by atoms with E-state index in [1.54, 1.807) is 59.7 Å². The zero-order valence-corrected chi connectivity index (χ0v) is 18.0. The van der Waals surface area contributed by atoms with Crippen LogP contribution in [0.5, 0.6) is 0 Å². The van der Waals surface area contributed by atoms with Crippen molar-refractivity contribution in [2.24, 2.45) is 10.8 Å². The van der Waals surface area contributed by atoms with Crippen LogP contribution < -0.4 is 0 Å². The third kappa shape index (κ3) is 2.42. The Balaban J connectivity index is 1.83. The van der Waals surface area contributed by atoms with Gasteiger partial charge in [-0.2, -0.15) is 5.26 Å². The minimum absolute atomic E-state index is 0.124. The minimum Gasteiger partial charge on any atom is -0.469 e. The Morgan fingerprint density at radius 3 is 2.28 bits per heavy atom. The van der Waals surface area contributed by atoms with E-state index in [1.165, 1.54) is 6.26 Å². The number of carbonyl (C=O) groups is 3. The Labute approximate surface area is 185 Å². The summed E-state index contributed by atoms with van der Waals surface area (Å²) in [7, 11) is 0. The van der Waals surface area contributed by atoms with Gasteiger partial charge in [-0.05, 0) is 18.2 Å². The number of benzene rings is 1. The van der Waals surface area contributed by atoms with Gasteiger partial charge < -0.3 is 9.32 Å². The van der Waals surface area contributed by atoms with Crippen molar-refractivity contribution in [2.75, 3.05) is 0 Å². The number of carbonyl (C=O) groups excluding carboxylic acids is 3. The molecule has 3 atom stereocenters. The fraction of sp³-hybridized carbons (Fsp3) is 0.308. The lowest BCUT2D eigenvalue weighted by molar-refractivity contribution is -0.130. The first-order valence-corrected chi connectivity index (χ1v) is 10.6. The number of nitriles is 1. The largest absolute Gasteiger partial charge is 0.469 e. The fourth-order valence-electron chi connectivity index (χ4n) is 5.45. The average molecular weight is 426 g/mol. The van der Waals surface area contributed by atoms with Gasteiger partial charge in [0.05, 0.1) is 29.8 Å². The normalized spacial score (nSPS) is 25.5. The Morgan fingerprint density at radius 2 is 1.75 bits per heavy atom. The highest BCUT2D eigenvalue weighted by atomic mass is 16.3. The Bertz CT molecular complexity index is 1220. The summed E-state index contributed by atoms with van der Waals surface area (Å²) in [5, 5.41) is 9.51. The van der Waals surface area contributed by atoms with Gasteiger partial charge in [-0.25, -0.2) is 0 Å². The van der Waals surface area contributed by atoms with Crippen LogP contribution >= 0.6 is 0 Å². The van der Waals surface area contributed by atoms with Crippen molar-refractivity contribution in [2.45, 2.75) is 38.8 Å². The van der Waals surface area contributed by atoms with E-state index in [0.29, 0.717) is 22.5 Å². The van der Waals surface area contributed by atoms with Crippen molar-refractivity contribution in [3.05, 3.63) is 83.5 Å². The summed E-state index contributed by atoms with van der Waals surface area (Å²) in [4.78, 5) is 43.6. The molecule has 0 bridgehead atoms. The minimum atomic E-state index is -1.55. The van der Waals surface area contributed by atoms with Crippen molar-refractivity contribution in [3.63, 3.8) is 0 Å². The van der Waals surface area contributed by atoms with Gasteiger partial charge >= 0.3 is 0 Å².